The van der Waals surface area contributed by atoms with Gasteiger partial charge in [0, 0.05) is 5.41 Å². The maximum atomic E-state index is 11.1. The molecule has 1 rings (SSSR count). The first-order chi connectivity index (χ1) is 7.96. The van der Waals surface area contributed by atoms with E-state index in [4.69, 9.17) is 8.61 Å². The van der Waals surface area contributed by atoms with Gasteiger partial charge in [0.05, 0.1) is 19.0 Å². The van der Waals surface area contributed by atoms with Gasteiger partial charge < -0.3 is 4.43 Å². The van der Waals surface area contributed by atoms with Gasteiger partial charge in [0.25, 0.3) is 10.1 Å². The Hall–Kier alpha value is 0.0869. The zero-order valence-corrected chi connectivity index (χ0v) is 14.1. The summed E-state index contributed by atoms with van der Waals surface area (Å²) in [4.78, 5) is 0. The van der Waals surface area contributed by atoms with E-state index >= 15 is 0 Å². The molecule has 0 saturated heterocycles. The Morgan fingerprint density at radius 2 is 1.78 bits per heavy atom. The summed E-state index contributed by atoms with van der Waals surface area (Å²) < 4.78 is 33.4. The van der Waals surface area contributed by atoms with Gasteiger partial charge in [-0.15, -0.1) is 0 Å². The fourth-order valence-corrected chi connectivity index (χ4v) is 3.85. The molecule has 1 radical (unpaired) electrons. The third kappa shape index (κ3) is 4.64. The molecule has 0 aromatic rings. The van der Waals surface area contributed by atoms with Gasteiger partial charge in [-0.1, -0.05) is 20.8 Å². The monoisotopic (exact) mass is 293 g/mol. The SMILES string of the molecule is C[Si](C)OC(C(C)(C)C)C1(COS(C)(=O)=O)CC1. The average Bonchev–Trinajstić information content (AvgIpc) is 2.89. The first-order valence-corrected chi connectivity index (χ1v) is 10.5. The van der Waals surface area contributed by atoms with Crippen molar-refractivity contribution in [3.8, 4) is 0 Å². The molecule has 0 aromatic heterocycles. The van der Waals surface area contributed by atoms with Crippen LogP contribution in [0.25, 0.3) is 0 Å². The lowest BCUT2D eigenvalue weighted by molar-refractivity contribution is 0.000342. The van der Waals surface area contributed by atoms with E-state index in [2.05, 4.69) is 33.9 Å². The standard InChI is InChI=1S/C12H25O4SSi/c1-11(2,3)10(16-18(5)6)12(7-8-12)9-15-17(4,13)14/h10H,7-9H2,1-6H3. The van der Waals surface area contributed by atoms with E-state index in [1.54, 1.807) is 0 Å². The number of hydrogen-bond acceptors (Lipinski definition) is 4. The quantitative estimate of drug-likeness (QED) is 0.557. The zero-order valence-electron chi connectivity index (χ0n) is 12.2. The predicted octanol–water partition coefficient (Wildman–Crippen LogP) is 2.43. The van der Waals surface area contributed by atoms with Crippen LogP contribution in [0.2, 0.25) is 13.1 Å². The molecule has 1 saturated carbocycles. The van der Waals surface area contributed by atoms with Crippen LogP contribution in [0, 0.1) is 10.8 Å². The highest BCUT2D eigenvalue weighted by molar-refractivity contribution is 7.85. The van der Waals surface area contributed by atoms with Gasteiger partial charge in [-0.3, -0.25) is 4.18 Å². The summed E-state index contributed by atoms with van der Waals surface area (Å²) >= 11 is 0. The molecule has 0 aromatic carbocycles. The lowest BCUT2D eigenvalue weighted by atomic mass is 9.79. The molecule has 1 unspecified atom stereocenters. The molecule has 0 heterocycles. The highest BCUT2D eigenvalue weighted by Gasteiger charge is 2.55. The Balaban J connectivity index is 2.79. The molecule has 18 heavy (non-hydrogen) atoms. The second kappa shape index (κ2) is 5.23. The number of rotatable bonds is 6. The Bertz CT molecular complexity index is 379. The van der Waals surface area contributed by atoms with Crippen LogP contribution in [0.3, 0.4) is 0 Å². The van der Waals surface area contributed by atoms with Crippen molar-refractivity contribution in [2.45, 2.75) is 52.8 Å². The minimum atomic E-state index is -3.37. The van der Waals surface area contributed by atoms with Crippen molar-refractivity contribution >= 4 is 19.2 Å². The van der Waals surface area contributed by atoms with Crippen LogP contribution in [-0.2, 0) is 18.7 Å². The summed E-state index contributed by atoms with van der Waals surface area (Å²) in [7, 11) is -4.19. The maximum Gasteiger partial charge on any atom is 0.264 e. The van der Waals surface area contributed by atoms with E-state index in [1.165, 1.54) is 0 Å². The van der Waals surface area contributed by atoms with Crippen molar-refractivity contribution in [2.24, 2.45) is 10.8 Å². The van der Waals surface area contributed by atoms with Gasteiger partial charge >= 0.3 is 0 Å². The van der Waals surface area contributed by atoms with Crippen LogP contribution in [0.15, 0.2) is 0 Å². The second-order valence-electron chi connectivity index (χ2n) is 6.60. The summed E-state index contributed by atoms with van der Waals surface area (Å²) in [5, 5.41) is 0. The van der Waals surface area contributed by atoms with E-state index in [-0.39, 0.29) is 23.5 Å². The molecule has 107 valence electrons. The van der Waals surface area contributed by atoms with Crippen LogP contribution >= 0.6 is 0 Å². The molecule has 0 aliphatic heterocycles. The van der Waals surface area contributed by atoms with E-state index in [1.807, 2.05) is 0 Å². The normalized spacial score (nSPS) is 21.1. The van der Waals surface area contributed by atoms with Gasteiger partial charge in [0.15, 0.2) is 0 Å². The second-order valence-corrected chi connectivity index (χ2v) is 10.3. The van der Waals surface area contributed by atoms with Crippen LogP contribution in [0.1, 0.15) is 33.6 Å². The fourth-order valence-electron chi connectivity index (χ4n) is 2.32. The van der Waals surface area contributed by atoms with Gasteiger partial charge in [0.2, 0.25) is 9.04 Å². The molecule has 0 bridgehead atoms. The summed E-state index contributed by atoms with van der Waals surface area (Å²) in [6, 6.07) is 0. The fraction of sp³-hybridized carbons (Fsp3) is 1.00. The third-order valence-electron chi connectivity index (χ3n) is 3.15. The molecule has 1 aliphatic carbocycles. The van der Waals surface area contributed by atoms with E-state index < -0.39 is 19.2 Å². The van der Waals surface area contributed by atoms with Crippen LogP contribution in [0.5, 0.6) is 0 Å². The smallest absolute Gasteiger partial charge is 0.264 e. The summed E-state index contributed by atoms with van der Waals surface area (Å²) in [6.07, 6.45) is 3.14. The van der Waals surface area contributed by atoms with Crippen LogP contribution in [-0.4, -0.2) is 36.4 Å². The molecule has 1 fully saturated rings. The maximum absolute atomic E-state index is 11.1. The molecule has 0 N–H and O–H groups in total. The summed E-state index contributed by atoms with van der Waals surface area (Å²) in [5.41, 5.74) is -0.109. The van der Waals surface area contributed by atoms with Gasteiger partial charge in [0.1, 0.15) is 0 Å². The molecular weight excluding hydrogens is 268 g/mol. The van der Waals surface area contributed by atoms with Crippen molar-refractivity contribution in [2.75, 3.05) is 12.9 Å². The highest BCUT2D eigenvalue weighted by atomic mass is 32.2. The first kappa shape index (κ1) is 16.1. The van der Waals surface area contributed by atoms with Crippen molar-refractivity contribution in [3.63, 3.8) is 0 Å². The largest absolute Gasteiger partial charge is 0.413 e. The molecule has 6 heteroatoms. The molecule has 1 atom stereocenters. The van der Waals surface area contributed by atoms with Gasteiger partial charge in [-0.25, -0.2) is 0 Å². The van der Waals surface area contributed by atoms with E-state index in [0.29, 0.717) is 0 Å². The Morgan fingerprint density at radius 3 is 2.06 bits per heavy atom. The lowest BCUT2D eigenvalue weighted by Gasteiger charge is -2.38. The Kier molecular flexibility index (Phi) is 4.69. The Labute approximate surface area is 113 Å². The lowest BCUT2D eigenvalue weighted by Crippen LogP contribution is -2.43. The third-order valence-corrected chi connectivity index (χ3v) is 4.40. The van der Waals surface area contributed by atoms with Crippen molar-refractivity contribution < 1.29 is 17.0 Å². The minimum Gasteiger partial charge on any atom is -0.413 e. The predicted molar refractivity (Wildman–Crippen MR) is 74.3 cm³/mol. The molecular formula is C12H25O4SSi. The van der Waals surface area contributed by atoms with Gasteiger partial charge in [-0.2, -0.15) is 8.42 Å². The molecule has 1 aliphatic rings. The van der Waals surface area contributed by atoms with Crippen molar-refractivity contribution in [1.29, 1.82) is 0 Å². The van der Waals surface area contributed by atoms with Gasteiger partial charge in [-0.05, 0) is 31.4 Å². The first-order valence-electron chi connectivity index (χ1n) is 6.27. The topological polar surface area (TPSA) is 52.6 Å². The van der Waals surface area contributed by atoms with Crippen molar-refractivity contribution in [1.82, 2.24) is 0 Å². The summed E-state index contributed by atoms with van der Waals surface area (Å²) in [6.45, 7) is 10.9. The van der Waals surface area contributed by atoms with Crippen LogP contribution < -0.4 is 0 Å². The molecule has 4 nitrogen and oxygen atoms in total. The molecule has 0 amide bonds. The Morgan fingerprint density at radius 1 is 1.28 bits per heavy atom. The number of hydrogen-bond donors (Lipinski definition) is 0. The van der Waals surface area contributed by atoms with Crippen LogP contribution in [0.4, 0.5) is 0 Å². The van der Waals surface area contributed by atoms with E-state index in [9.17, 15) is 8.42 Å². The van der Waals surface area contributed by atoms with E-state index in [0.717, 1.165) is 19.1 Å². The highest BCUT2D eigenvalue weighted by Crippen LogP contribution is 2.55. The summed E-state index contributed by atoms with van der Waals surface area (Å²) in [5.74, 6) is 0. The zero-order chi connectivity index (χ0) is 14.2. The van der Waals surface area contributed by atoms with Crippen molar-refractivity contribution in [3.05, 3.63) is 0 Å². The molecule has 0 spiro atoms. The average molecular weight is 293 g/mol. The minimum absolute atomic E-state index is 0.000694.